The topological polar surface area (TPSA) is 63.2 Å². The van der Waals surface area contributed by atoms with Crippen LogP contribution in [0.3, 0.4) is 0 Å². The van der Waals surface area contributed by atoms with E-state index in [9.17, 15) is 39.3 Å². The Balaban J connectivity index is 0.000000594. The normalized spacial score (nSPS) is 28.7. The Morgan fingerprint density at radius 3 is 1.27 bits per heavy atom. The fourth-order valence-corrected chi connectivity index (χ4v) is 5.43. The molecule has 0 radical (unpaired) electrons. The van der Waals surface area contributed by atoms with Crippen molar-refractivity contribution in [2.45, 2.75) is 102 Å². The van der Waals surface area contributed by atoms with Crippen molar-refractivity contribution < 1.29 is 62.6 Å². The third kappa shape index (κ3) is 12.9. The molecule has 0 aromatic heterocycles. The van der Waals surface area contributed by atoms with Gasteiger partial charge in [0, 0.05) is 25.7 Å². The first-order valence-corrected chi connectivity index (χ1v) is 13.8. The van der Waals surface area contributed by atoms with Crippen LogP contribution in [-0.4, -0.2) is 86.0 Å². The zero-order valence-electron chi connectivity index (χ0n) is 21.8. The Bertz CT molecular complexity index is 659. The van der Waals surface area contributed by atoms with Crippen LogP contribution >= 0.6 is 7.91 Å². The molecule has 0 spiro atoms. The van der Waals surface area contributed by atoms with Crippen LogP contribution in [0.5, 0.6) is 0 Å². The molecule has 37 heavy (non-hydrogen) atoms. The minimum Gasteiger partial charge on any atom is -0.786 e. The number of rotatable bonds is 10. The molecule has 4 atom stereocenters. The van der Waals surface area contributed by atoms with Gasteiger partial charge in [-0.15, -0.1) is 0 Å². The summed E-state index contributed by atoms with van der Waals surface area (Å²) in [6.45, 7) is 7.23. The summed E-state index contributed by atoms with van der Waals surface area (Å²) >= 11 is 0. The molecule has 0 amide bonds. The second-order valence-corrected chi connectivity index (χ2v) is 11.3. The summed E-state index contributed by atoms with van der Waals surface area (Å²) in [4.78, 5) is 16.9. The highest BCUT2D eigenvalue weighted by atomic mass is 31.2. The summed E-state index contributed by atoms with van der Waals surface area (Å²) in [5.74, 6) is -7.66. The van der Waals surface area contributed by atoms with Crippen LogP contribution in [0.4, 0.5) is 39.3 Å². The molecule has 0 aliphatic carbocycles. The van der Waals surface area contributed by atoms with Gasteiger partial charge in [0.25, 0.3) is 0 Å². The van der Waals surface area contributed by atoms with E-state index in [-0.39, 0.29) is 12.1 Å². The lowest BCUT2D eigenvalue weighted by Crippen LogP contribution is -2.51. The first-order valence-electron chi connectivity index (χ1n) is 12.4. The summed E-state index contributed by atoms with van der Waals surface area (Å²) in [6, 6.07) is -0.632. The van der Waals surface area contributed by atoms with Gasteiger partial charge >= 0.3 is 24.7 Å². The maximum atomic E-state index is 13.0. The van der Waals surface area contributed by atoms with E-state index in [0.29, 0.717) is 21.8 Å². The highest BCUT2D eigenvalue weighted by Crippen LogP contribution is 2.37. The molecule has 0 N–H and O–H groups in total. The first-order chi connectivity index (χ1) is 16.6. The van der Waals surface area contributed by atoms with Gasteiger partial charge < -0.3 is 23.3 Å². The van der Waals surface area contributed by atoms with Gasteiger partial charge in [0.1, 0.15) is 7.91 Å². The Morgan fingerprint density at radius 1 is 0.784 bits per heavy atom. The van der Waals surface area contributed by atoms with Crippen LogP contribution in [0.1, 0.15) is 65.2 Å². The number of likely N-dealkylation sites (tertiary alicyclic amines) is 2. The van der Waals surface area contributed by atoms with Crippen molar-refractivity contribution in [3.05, 3.63) is 0 Å². The third-order valence-corrected chi connectivity index (χ3v) is 7.30. The van der Waals surface area contributed by atoms with Crippen molar-refractivity contribution >= 4 is 7.91 Å². The van der Waals surface area contributed by atoms with Crippen LogP contribution in [0.25, 0.3) is 0 Å². The second-order valence-electron chi connectivity index (χ2n) is 10.4. The number of hydrogen-bond acceptors (Lipinski definition) is 3. The molecule has 5 nitrogen and oxygen atoms in total. The Morgan fingerprint density at radius 2 is 1.05 bits per heavy atom. The van der Waals surface area contributed by atoms with Gasteiger partial charge in [-0.2, -0.15) is 0 Å². The molecule has 2 rings (SSSR count). The van der Waals surface area contributed by atoms with Gasteiger partial charge in [-0.1, -0.05) is 13.8 Å². The van der Waals surface area contributed by atoms with E-state index in [1.165, 1.54) is 0 Å². The second kappa shape index (κ2) is 14.7. The number of alkyl halides is 8. The van der Waals surface area contributed by atoms with Gasteiger partial charge in [0.15, 0.2) is 0 Å². The maximum absolute atomic E-state index is 13.0. The molecule has 2 aliphatic heterocycles. The van der Waals surface area contributed by atoms with E-state index < -0.39 is 45.4 Å². The highest BCUT2D eigenvalue weighted by Gasteiger charge is 2.50. The summed E-state index contributed by atoms with van der Waals surface area (Å²) in [7, 11) is -1.83. The SMILES string of the molecule is CCC[N+]1(C)CCCC1CC(F)(F)C(F)F.CCC[N+]1(C)CCCC1CC(F)(F)C(F)F.O=P([O-])([O-])F. The van der Waals surface area contributed by atoms with Crippen LogP contribution in [-0.2, 0) is 4.57 Å². The van der Waals surface area contributed by atoms with Gasteiger partial charge in [-0.25, -0.2) is 39.3 Å². The van der Waals surface area contributed by atoms with Crippen molar-refractivity contribution in [1.82, 2.24) is 0 Å². The minimum atomic E-state index is -5.64. The molecule has 0 saturated carbocycles. The van der Waals surface area contributed by atoms with Crippen molar-refractivity contribution in [3.63, 3.8) is 0 Å². The maximum Gasteiger partial charge on any atom is 0.313 e. The zero-order chi connectivity index (χ0) is 29.3. The molecule has 2 heterocycles. The van der Waals surface area contributed by atoms with E-state index in [2.05, 4.69) is 0 Å². The van der Waals surface area contributed by atoms with Crippen molar-refractivity contribution in [2.24, 2.45) is 0 Å². The monoisotopic (exact) mass is 582 g/mol. The Labute approximate surface area is 213 Å². The lowest BCUT2D eigenvalue weighted by molar-refractivity contribution is -0.922. The summed E-state index contributed by atoms with van der Waals surface area (Å²) in [5.41, 5.74) is 0. The number of halogens is 9. The smallest absolute Gasteiger partial charge is 0.313 e. The summed E-state index contributed by atoms with van der Waals surface area (Å²) in [5, 5.41) is 0. The molecule has 0 bridgehead atoms. The fraction of sp³-hybridized carbons (Fsp3) is 1.00. The molecule has 2 aliphatic rings. The molecular formula is C22H40F9N2O3P. The largest absolute Gasteiger partial charge is 0.786 e. The predicted molar refractivity (Wildman–Crippen MR) is 118 cm³/mol. The zero-order valence-corrected chi connectivity index (χ0v) is 22.7. The van der Waals surface area contributed by atoms with Crippen LogP contribution in [0.15, 0.2) is 0 Å². The molecule has 2 saturated heterocycles. The van der Waals surface area contributed by atoms with Crippen LogP contribution < -0.4 is 9.79 Å². The fourth-order valence-electron chi connectivity index (χ4n) is 5.43. The lowest BCUT2D eigenvalue weighted by Gasteiger charge is -2.37. The summed E-state index contributed by atoms with van der Waals surface area (Å²) in [6.07, 6.45) is -3.65. The highest BCUT2D eigenvalue weighted by molar-refractivity contribution is 7.42. The van der Waals surface area contributed by atoms with Crippen LogP contribution in [0.2, 0.25) is 0 Å². The molecular weight excluding hydrogens is 542 g/mol. The van der Waals surface area contributed by atoms with Crippen molar-refractivity contribution in [2.75, 3.05) is 40.3 Å². The molecule has 4 unspecified atom stereocenters. The number of hydrogen-bond donors (Lipinski definition) is 0. The van der Waals surface area contributed by atoms with E-state index in [1.54, 1.807) is 0 Å². The van der Waals surface area contributed by atoms with E-state index in [0.717, 1.165) is 51.9 Å². The van der Waals surface area contributed by atoms with Gasteiger partial charge in [0.05, 0.1) is 65.2 Å². The third-order valence-electron chi connectivity index (χ3n) is 7.30. The molecule has 2 fully saturated rings. The predicted octanol–water partition coefficient (Wildman–Crippen LogP) is 5.38. The van der Waals surface area contributed by atoms with Crippen molar-refractivity contribution in [3.8, 4) is 0 Å². The average Bonchev–Trinajstić information content (AvgIpc) is 3.23. The Hall–Kier alpha value is -0.560. The minimum absolute atomic E-state index is 0.316. The molecule has 0 aromatic rings. The first kappa shape index (κ1) is 36.4. The number of quaternary nitrogens is 2. The van der Waals surface area contributed by atoms with Crippen LogP contribution in [0, 0.1) is 0 Å². The van der Waals surface area contributed by atoms with Gasteiger partial charge in [0.2, 0.25) is 0 Å². The van der Waals surface area contributed by atoms with Gasteiger partial charge in [-0.3, -0.25) is 0 Å². The lowest BCUT2D eigenvalue weighted by atomic mass is 10.0. The van der Waals surface area contributed by atoms with Gasteiger partial charge in [-0.05, 0) is 12.8 Å². The quantitative estimate of drug-likeness (QED) is 0.198. The summed E-state index contributed by atoms with van der Waals surface area (Å²) < 4.78 is 120. The van der Waals surface area contributed by atoms with E-state index >= 15 is 0 Å². The van der Waals surface area contributed by atoms with Crippen molar-refractivity contribution in [1.29, 1.82) is 0 Å². The van der Waals surface area contributed by atoms with E-state index in [4.69, 9.17) is 14.4 Å². The average molecular weight is 583 g/mol. The molecule has 0 aromatic carbocycles. The standard InChI is InChI=1S/2C11H20F4N.FH2O3P/c2*1-3-6-16(2)7-4-5-9(16)8-11(14,15)10(12)13;1-5(2,3)4/h2*9-10H,3-8H2,1-2H3;(H2,2,3,4)/q2*+1;/p-2. The number of nitrogens with zero attached hydrogens (tertiary/aromatic N) is 2. The van der Waals surface area contributed by atoms with E-state index in [1.807, 2.05) is 27.9 Å². The Kier molecular flexibility index (Phi) is 14.5. The molecule has 15 heteroatoms. The molecule has 224 valence electrons.